The van der Waals surface area contributed by atoms with Crippen molar-refractivity contribution in [3.8, 4) is 0 Å². The summed E-state index contributed by atoms with van der Waals surface area (Å²) in [6, 6.07) is 22.8. The number of hydrogen-bond acceptors (Lipinski definition) is 6. The zero-order chi connectivity index (χ0) is 27.5. The van der Waals surface area contributed by atoms with E-state index in [1.165, 1.54) is 29.1 Å². The largest absolute Gasteiger partial charge is 0.383 e. The second-order valence-electron chi connectivity index (χ2n) is 9.31. The number of benzene rings is 2. The number of hydrogen-bond donors (Lipinski definition) is 1. The van der Waals surface area contributed by atoms with Gasteiger partial charge >= 0.3 is 0 Å². The third-order valence-electron chi connectivity index (χ3n) is 6.95. The molecule has 1 saturated heterocycles. The minimum atomic E-state index is -0.389. The number of anilines is 1. The number of methoxy groups -OCH3 is 1. The molecule has 2 aromatic heterocycles. The first-order chi connectivity index (χ1) is 18.9. The van der Waals surface area contributed by atoms with E-state index in [4.69, 9.17) is 17.0 Å². The topological polar surface area (TPSA) is 85.5 Å². The maximum absolute atomic E-state index is 11.0. The van der Waals surface area contributed by atoms with Gasteiger partial charge in [0.05, 0.1) is 29.3 Å². The van der Waals surface area contributed by atoms with Crippen LogP contribution in [0.15, 0.2) is 88.8 Å². The molecule has 4 aromatic rings. The Morgan fingerprint density at radius 3 is 2.38 bits per heavy atom. The predicted molar refractivity (Wildman–Crippen MR) is 157 cm³/mol. The highest BCUT2D eigenvalue weighted by molar-refractivity contribution is 7.99. The predicted octanol–water partition coefficient (Wildman–Crippen LogP) is 6.38. The van der Waals surface area contributed by atoms with Crippen LogP contribution in [0.25, 0.3) is 0 Å². The molecular weight excluding hydrogens is 530 g/mol. The number of aryl methyl sites for hydroxylation is 1. The molecule has 3 heterocycles. The first-order valence-corrected chi connectivity index (χ1v) is 13.8. The third kappa shape index (κ3) is 5.54. The maximum Gasteiger partial charge on any atom is 0.269 e. The lowest BCUT2D eigenvalue weighted by Crippen LogP contribution is -2.29. The highest BCUT2D eigenvalue weighted by Crippen LogP contribution is 2.43. The molecule has 5 rings (SSSR count). The van der Waals surface area contributed by atoms with Gasteiger partial charge in [-0.1, -0.05) is 17.8 Å². The minimum absolute atomic E-state index is 0.0832. The lowest BCUT2D eigenvalue weighted by molar-refractivity contribution is -0.384. The minimum Gasteiger partial charge on any atom is -0.383 e. The summed E-state index contributed by atoms with van der Waals surface area (Å²) >= 11 is 7.46. The second kappa shape index (κ2) is 11.6. The van der Waals surface area contributed by atoms with E-state index in [-0.39, 0.29) is 22.7 Å². The fourth-order valence-corrected chi connectivity index (χ4v) is 6.21. The molecule has 200 valence electrons. The van der Waals surface area contributed by atoms with Crippen LogP contribution in [-0.4, -0.2) is 33.3 Å². The summed E-state index contributed by atoms with van der Waals surface area (Å²) in [5, 5.41) is 15.1. The molecule has 0 aliphatic carbocycles. The molecule has 0 amide bonds. The average Bonchev–Trinajstić information content (AvgIpc) is 3.43. The molecule has 39 heavy (non-hydrogen) atoms. The fraction of sp³-hybridized carbons (Fsp3) is 0.241. The van der Waals surface area contributed by atoms with Gasteiger partial charge in [-0.05, 0) is 86.2 Å². The van der Waals surface area contributed by atoms with Crippen molar-refractivity contribution >= 4 is 40.5 Å². The Labute approximate surface area is 237 Å². The number of pyridine rings is 1. The van der Waals surface area contributed by atoms with Crippen LogP contribution in [0.4, 0.5) is 11.4 Å². The average molecular weight is 560 g/mol. The van der Waals surface area contributed by atoms with Gasteiger partial charge in [0, 0.05) is 58.9 Å². The maximum atomic E-state index is 11.0. The van der Waals surface area contributed by atoms with Gasteiger partial charge in [-0.15, -0.1) is 0 Å². The van der Waals surface area contributed by atoms with Crippen LogP contribution in [-0.2, 0) is 11.3 Å². The van der Waals surface area contributed by atoms with E-state index < -0.39 is 0 Å². The van der Waals surface area contributed by atoms with E-state index in [1.54, 1.807) is 31.0 Å². The van der Waals surface area contributed by atoms with E-state index in [1.807, 2.05) is 24.4 Å². The van der Waals surface area contributed by atoms with Crippen LogP contribution < -0.4 is 10.2 Å². The standard InChI is InChI=1S/C29H29N5O3S2/c1-19-18-25(20(2)32(19)16-17-37-3)28-27(26-6-4-5-15-30-26)31-29(38)33(28)21-7-11-23(12-8-21)39-24-13-9-22(10-14-24)34(35)36/h4-15,18,27-28H,16-17H2,1-3H3,(H,31,38)/t27-,28+/m1/s1. The molecule has 0 radical (unpaired) electrons. The zero-order valence-corrected chi connectivity index (χ0v) is 23.5. The van der Waals surface area contributed by atoms with E-state index in [0.29, 0.717) is 11.7 Å². The number of thiocarbonyl (C=S) groups is 1. The van der Waals surface area contributed by atoms with Gasteiger partial charge in [0.1, 0.15) is 0 Å². The summed E-state index contributed by atoms with van der Waals surface area (Å²) in [6.45, 7) is 5.69. The van der Waals surface area contributed by atoms with Crippen LogP contribution in [0.1, 0.15) is 34.7 Å². The fourth-order valence-electron chi connectivity index (χ4n) is 5.05. The summed E-state index contributed by atoms with van der Waals surface area (Å²) in [4.78, 5) is 19.4. The van der Waals surface area contributed by atoms with Crippen molar-refractivity contribution in [3.63, 3.8) is 0 Å². The number of rotatable bonds is 9. The molecule has 8 nitrogen and oxygen atoms in total. The molecule has 1 fully saturated rings. The van der Waals surface area contributed by atoms with Crippen molar-refractivity contribution in [1.29, 1.82) is 0 Å². The van der Waals surface area contributed by atoms with Crippen LogP contribution in [0.5, 0.6) is 0 Å². The van der Waals surface area contributed by atoms with Crippen LogP contribution in [0, 0.1) is 24.0 Å². The molecule has 2 aromatic carbocycles. The summed E-state index contributed by atoms with van der Waals surface area (Å²) in [6.07, 6.45) is 1.81. The van der Waals surface area contributed by atoms with Gasteiger partial charge in [-0.25, -0.2) is 0 Å². The van der Waals surface area contributed by atoms with Gasteiger partial charge in [0.2, 0.25) is 0 Å². The van der Waals surface area contributed by atoms with Gasteiger partial charge < -0.3 is 19.5 Å². The Hall–Kier alpha value is -3.73. The highest BCUT2D eigenvalue weighted by Gasteiger charge is 2.42. The molecule has 2 atom stereocenters. The number of nitro benzene ring substituents is 1. The van der Waals surface area contributed by atoms with Gasteiger partial charge in [0.25, 0.3) is 5.69 Å². The van der Waals surface area contributed by atoms with Crippen molar-refractivity contribution in [1.82, 2.24) is 14.9 Å². The van der Waals surface area contributed by atoms with Crippen molar-refractivity contribution < 1.29 is 9.66 Å². The highest BCUT2D eigenvalue weighted by atomic mass is 32.2. The first kappa shape index (κ1) is 26.9. The van der Waals surface area contributed by atoms with Crippen LogP contribution in [0.2, 0.25) is 0 Å². The van der Waals surface area contributed by atoms with Crippen molar-refractivity contribution in [2.24, 2.45) is 0 Å². The molecule has 1 aliphatic rings. The number of nitrogens with zero attached hydrogens (tertiary/aromatic N) is 4. The normalized spacial score (nSPS) is 16.9. The molecule has 10 heteroatoms. The lowest BCUT2D eigenvalue weighted by Gasteiger charge is -2.28. The van der Waals surface area contributed by atoms with Crippen molar-refractivity contribution in [2.75, 3.05) is 18.6 Å². The number of non-ortho nitro benzene ring substituents is 1. The molecule has 0 spiro atoms. The Balaban J connectivity index is 1.48. The van der Waals surface area contributed by atoms with Crippen molar-refractivity contribution in [2.45, 2.75) is 42.3 Å². The Morgan fingerprint density at radius 1 is 1.08 bits per heavy atom. The number of aromatic nitrogens is 2. The summed E-state index contributed by atoms with van der Waals surface area (Å²) < 4.78 is 7.64. The second-order valence-corrected chi connectivity index (χ2v) is 10.8. The monoisotopic (exact) mass is 559 g/mol. The molecule has 0 unspecified atom stereocenters. The van der Waals surface area contributed by atoms with Gasteiger partial charge in [-0.2, -0.15) is 0 Å². The summed E-state index contributed by atoms with van der Waals surface area (Å²) in [5.41, 5.74) is 5.53. The van der Waals surface area contributed by atoms with Crippen molar-refractivity contribution in [3.05, 3.63) is 112 Å². The number of nitro groups is 1. The van der Waals surface area contributed by atoms with E-state index in [0.717, 1.165) is 27.7 Å². The number of ether oxygens (including phenoxy) is 1. The van der Waals surface area contributed by atoms with Gasteiger partial charge in [0.15, 0.2) is 5.11 Å². The smallest absolute Gasteiger partial charge is 0.269 e. The summed E-state index contributed by atoms with van der Waals surface area (Å²) in [7, 11) is 1.72. The first-order valence-electron chi connectivity index (χ1n) is 12.6. The zero-order valence-electron chi connectivity index (χ0n) is 21.9. The summed E-state index contributed by atoms with van der Waals surface area (Å²) in [5.74, 6) is 0. The van der Waals surface area contributed by atoms with Crippen LogP contribution >= 0.6 is 24.0 Å². The quantitative estimate of drug-likeness (QED) is 0.144. The van der Waals surface area contributed by atoms with Gasteiger partial charge in [-0.3, -0.25) is 15.1 Å². The van der Waals surface area contributed by atoms with Crippen LogP contribution in [0.3, 0.4) is 0 Å². The molecule has 0 bridgehead atoms. The Bertz CT molecular complexity index is 1470. The third-order valence-corrected chi connectivity index (χ3v) is 8.28. The molecule has 1 aliphatic heterocycles. The van der Waals surface area contributed by atoms with E-state index in [2.05, 4.69) is 63.9 Å². The Kier molecular flexibility index (Phi) is 7.97. The van der Waals surface area contributed by atoms with E-state index >= 15 is 0 Å². The lowest BCUT2D eigenvalue weighted by atomic mass is 9.96. The number of nitrogens with one attached hydrogen (secondary N) is 1. The molecule has 1 N–H and O–H groups in total. The SMILES string of the molecule is COCCn1c(C)cc([C@H]2[C@@H](c3ccccn3)NC(=S)N2c2ccc(Sc3ccc([N+](=O)[O-])cc3)cc2)c1C. The molecular formula is C29H29N5O3S2. The molecule has 0 saturated carbocycles. The Morgan fingerprint density at radius 2 is 1.77 bits per heavy atom. The van der Waals surface area contributed by atoms with E-state index in [9.17, 15) is 10.1 Å².